The minimum Gasteiger partial charge on any atom is -0.468 e. The van der Waals surface area contributed by atoms with Crippen LogP contribution in [0.25, 0.3) is 0 Å². The molecule has 0 aromatic carbocycles. The van der Waals surface area contributed by atoms with Gasteiger partial charge in [-0.2, -0.15) is 0 Å². The Morgan fingerprint density at radius 2 is 2.40 bits per heavy atom. The molecule has 0 aliphatic rings. The van der Waals surface area contributed by atoms with Gasteiger partial charge >= 0.3 is 5.97 Å². The SMILES string of the molecule is COC(=O)CSC[C@H](C)O. The predicted octanol–water partition coefficient (Wildman–Crippen LogP) is 0.273. The summed E-state index contributed by atoms with van der Waals surface area (Å²) in [5, 5.41) is 8.77. The van der Waals surface area contributed by atoms with Gasteiger partial charge in [0.25, 0.3) is 0 Å². The molecule has 0 aliphatic carbocycles. The summed E-state index contributed by atoms with van der Waals surface area (Å²) in [6.07, 6.45) is -0.352. The Labute approximate surface area is 64.8 Å². The third-order valence-electron chi connectivity index (χ3n) is 0.807. The van der Waals surface area contributed by atoms with Crippen molar-refractivity contribution in [1.82, 2.24) is 0 Å². The number of carbonyl (C=O) groups is 1. The summed E-state index contributed by atoms with van der Waals surface area (Å²) in [4.78, 5) is 10.5. The molecule has 0 heterocycles. The molecule has 0 rings (SSSR count). The summed E-state index contributed by atoms with van der Waals surface area (Å²) in [6, 6.07) is 0. The third kappa shape index (κ3) is 5.91. The fourth-order valence-corrected chi connectivity index (χ4v) is 1.12. The lowest BCUT2D eigenvalue weighted by atomic mass is 10.5. The average molecular weight is 164 g/mol. The molecule has 3 nitrogen and oxygen atoms in total. The first kappa shape index (κ1) is 9.78. The monoisotopic (exact) mass is 164 g/mol. The molecule has 0 spiro atoms. The largest absolute Gasteiger partial charge is 0.468 e. The Morgan fingerprint density at radius 3 is 2.80 bits per heavy atom. The molecule has 0 saturated heterocycles. The standard InChI is InChI=1S/C6H12O3S/c1-5(7)3-10-4-6(8)9-2/h5,7H,3-4H2,1-2H3/t5-/m0/s1. The van der Waals surface area contributed by atoms with Crippen molar-refractivity contribution in [3.05, 3.63) is 0 Å². The molecule has 0 aliphatic heterocycles. The average Bonchev–Trinajstić information content (AvgIpc) is 1.87. The van der Waals surface area contributed by atoms with Gasteiger partial charge in [0.1, 0.15) is 0 Å². The van der Waals surface area contributed by atoms with Crippen LogP contribution in [0, 0.1) is 0 Å². The molecule has 0 saturated carbocycles. The lowest BCUT2D eigenvalue weighted by molar-refractivity contribution is -0.137. The van der Waals surface area contributed by atoms with Gasteiger partial charge in [-0.15, -0.1) is 11.8 Å². The van der Waals surface area contributed by atoms with Crippen molar-refractivity contribution < 1.29 is 14.6 Å². The summed E-state index contributed by atoms with van der Waals surface area (Å²) in [7, 11) is 1.35. The van der Waals surface area contributed by atoms with Crippen LogP contribution in [0.4, 0.5) is 0 Å². The summed E-state index contributed by atoms with van der Waals surface area (Å²) < 4.78 is 4.39. The maximum atomic E-state index is 10.5. The number of hydrogen-bond donors (Lipinski definition) is 1. The van der Waals surface area contributed by atoms with Gasteiger partial charge in [0, 0.05) is 5.75 Å². The number of thioether (sulfide) groups is 1. The van der Waals surface area contributed by atoms with Gasteiger partial charge in [0.2, 0.25) is 0 Å². The zero-order valence-corrected chi connectivity index (χ0v) is 6.98. The van der Waals surface area contributed by atoms with Gasteiger partial charge in [-0.3, -0.25) is 4.79 Å². The van der Waals surface area contributed by atoms with Gasteiger partial charge in [-0.1, -0.05) is 0 Å². The van der Waals surface area contributed by atoms with E-state index < -0.39 is 0 Å². The molecule has 0 aromatic heterocycles. The maximum absolute atomic E-state index is 10.5. The zero-order valence-electron chi connectivity index (χ0n) is 6.16. The van der Waals surface area contributed by atoms with E-state index in [4.69, 9.17) is 5.11 Å². The van der Waals surface area contributed by atoms with E-state index in [2.05, 4.69) is 4.74 Å². The van der Waals surface area contributed by atoms with Gasteiger partial charge in [0.05, 0.1) is 19.0 Å². The molecule has 60 valence electrons. The lowest BCUT2D eigenvalue weighted by Crippen LogP contribution is -2.08. The number of hydrogen-bond acceptors (Lipinski definition) is 4. The number of methoxy groups -OCH3 is 1. The Morgan fingerprint density at radius 1 is 1.80 bits per heavy atom. The quantitative estimate of drug-likeness (QED) is 0.606. The first-order valence-electron chi connectivity index (χ1n) is 2.99. The van der Waals surface area contributed by atoms with E-state index in [0.29, 0.717) is 11.5 Å². The highest BCUT2D eigenvalue weighted by Crippen LogP contribution is 2.02. The Balaban J connectivity index is 3.12. The van der Waals surface area contributed by atoms with E-state index in [1.807, 2.05) is 0 Å². The first-order valence-corrected chi connectivity index (χ1v) is 4.15. The van der Waals surface area contributed by atoms with E-state index in [0.717, 1.165) is 0 Å². The Kier molecular flexibility index (Phi) is 5.43. The topological polar surface area (TPSA) is 46.5 Å². The van der Waals surface area contributed by atoms with Crippen molar-refractivity contribution in [3.63, 3.8) is 0 Å². The highest BCUT2D eigenvalue weighted by molar-refractivity contribution is 7.99. The molecule has 0 radical (unpaired) electrons. The van der Waals surface area contributed by atoms with E-state index in [1.54, 1.807) is 6.92 Å². The van der Waals surface area contributed by atoms with Crippen molar-refractivity contribution >= 4 is 17.7 Å². The van der Waals surface area contributed by atoms with Crippen LogP contribution in [0.3, 0.4) is 0 Å². The number of rotatable bonds is 4. The van der Waals surface area contributed by atoms with Crippen molar-refractivity contribution in [2.45, 2.75) is 13.0 Å². The molecule has 0 amide bonds. The van der Waals surface area contributed by atoms with Crippen molar-refractivity contribution in [2.75, 3.05) is 18.6 Å². The Bertz CT molecular complexity index is 103. The second-order valence-electron chi connectivity index (χ2n) is 1.94. The maximum Gasteiger partial charge on any atom is 0.315 e. The molecule has 0 unspecified atom stereocenters. The zero-order chi connectivity index (χ0) is 7.98. The normalized spacial score (nSPS) is 12.7. The highest BCUT2D eigenvalue weighted by Gasteiger charge is 2.01. The molecule has 10 heavy (non-hydrogen) atoms. The molecule has 0 fully saturated rings. The van der Waals surface area contributed by atoms with E-state index in [-0.39, 0.29) is 12.1 Å². The number of carbonyl (C=O) groups excluding carboxylic acids is 1. The van der Waals surface area contributed by atoms with Gasteiger partial charge in [0.15, 0.2) is 0 Å². The van der Waals surface area contributed by atoms with Crippen LogP contribution >= 0.6 is 11.8 Å². The molecular formula is C6H12O3S. The van der Waals surface area contributed by atoms with Crippen LogP contribution in [0.15, 0.2) is 0 Å². The number of ether oxygens (including phenoxy) is 1. The fraction of sp³-hybridized carbons (Fsp3) is 0.833. The number of aliphatic hydroxyl groups excluding tert-OH is 1. The van der Waals surface area contributed by atoms with Gasteiger partial charge < -0.3 is 9.84 Å². The third-order valence-corrected chi connectivity index (χ3v) is 1.96. The van der Waals surface area contributed by atoms with Crippen molar-refractivity contribution in [2.24, 2.45) is 0 Å². The van der Waals surface area contributed by atoms with E-state index in [1.165, 1.54) is 18.9 Å². The second kappa shape index (κ2) is 5.56. The molecule has 1 N–H and O–H groups in total. The fourth-order valence-electron chi connectivity index (χ4n) is 0.372. The van der Waals surface area contributed by atoms with Crippen LogP contribution in [-0.2, 0) is 9.53 Å². The van der Waals surface area contributed by atoms with Crippen molar-refractivity contribution in [1.29, 1.82) is 0 Å². The minimum absolute atomic E-state index is 0.245. The van der Waals surface area contributed by atoms with Crippen LogP contribution < -0.4 is 0 Å². The van der Waals surface area contributed by atoms with Crippen LogP contribution in [0.2, 0.25) is 0 Å². The summed E-state index contributed by atoms with van der Waals surface area (Å²) in [5.41, 5.74) is 0. The van der Waals surface area contributed by atoms with Crippen LogP contribution in [0.5, 0.6) is 0 Å². The smallest absolute Gasteiger partial charge is 0.315 e. The lowest BCUT2D eigenvalue weighted by Gasteiger charge is -2.01. The highest BCUT2D eigenvalue weighted by atomic mass is 32.2. The second-order valence-corrected chi connectivity index (χ2v) is 2.97. The van der Waals surface area contributed by atoms with E-state index >= 15 is 0 Å². The van der Waals surface area contributed by atoms with E-state index in [9.17, 15) is 4.79 Å². The van der Waals surface area contributed by atoms with Gasteiger partial charge in [-0.05, 0) is 6.92 Å². The molecular weight excluding hydrogens is 152 g/mol. The van der Waals surface area contributed by atoms with Crippen molar-refractivity contribution in [3.8, 4) is 0 Å². The van der Waals surface area contributed by atoms with Crippen LogP contribution in [-0.4, -0.2) is 35.8 Å². The molecule has 0 aromatic rings. The van der Waals surface area contributed by atoms with Crippen LogP contribution in [0.1, 0.15) is 6.92 Å². The molecule has 0 bridgehead atoms. The molecule has 1 atom stereocenters. The number of aliphatic hydroxyl groups is 1. The summed E-state index contributed by atoms with van der Waals surface area (Å²) in [6.45, 7) is 1.68. The van der Waals surface area contributed by atoms with Gasteiger partial charge in [-0.25, -0.2) is 0 Å². The summed E-state index contributed by atoms with van der Waals surface area (Å²) >= 11 is 1.37. The molecule has 4 heteroatoms. The Hall–Kier alpha value is -0.220. The number of esters is 1. The summed E-state index contributed by atoms with van der Waals surface area (Å²) in [5.74, 6) is 0.655. The first-order chi connectivity index (χ1) is 4.66. The predicted molar refractivity (Wildman–Crippen MR) is 41.0 cm³/mol. The minimum atomic E-state index is -0.352.